The predicted octanol–water partition coefficient (Wildman–Crippen LogP) is -0.00330. The van der Waals surface area contributed by atoms with Crippen molar-refractivity contribution in [2.45, 2.75) is 44.2 Å². The molecule has 2 aliphatic heterocycles. The van der Waals surface area contributed by atoms with Crippen LogP contribution < -0.4 is 16.0 Å². The molecule has 2 heterocycles. The molecular weight excluding hydrogens is 190 g/mol. The van der Waals surface area contributed by atoms with Crippen LogP contribution in [0.4, 0.5) is 0 Å². The molecule has 4 nitrogen and oxygen atoms in total. The topological polar surface area (TPSA) is 53.2 Å². The zero-order chi connectivity index (χ0) is 10.5. The summed E-state index contributed by atoms with van der Waals surface area (Å²) in [6.07, 6.45) is 5.64. The van der Waals surface area contributed by atoms with E-state index in [0.717, 1.165) is 26.1 Å². The highest BCUT2D eigenvalue weighted by molar-refractivity contribution is 5.78. The number of carbonyl (C=O) groups is 1. The van der Waals surface area contributed by atoms with Crippen molar-refractivity contribution >= 4 is 5.91 Å². The average Bonchev–Trinajstić information content (AvgIpc) is 2.66. The Morgan fingerprint density at radius 3 is 2.73 bits per heavy atom. The van der Waals surface area contributed by atoms with Gasteiger partial charge in [0.2, 0.25) is 5.91 Å². The van der Waals surface area contributed by atoms with E-state index in [1.54, 1.807) is 0 Å². The van der Waals surface area contributed by atoms with Gasteiger partial charge in [0.1, 0.15) is 0 Å². The first-order valence-electron chi connectivity index (χ1n) is 6.08. The number of amides is 1. The molecule has 0 aliphatic carbocycles. The number of rotatable bonds is 4. The van der Waals surface area contributed by atoms with Gasteiger partial charge in [0, 0.05) is 31.6 Å². The molecule has 0 saturated carbocycles. The predicted molar refractivity (Wildman–Crippen MR) is 59.7 cm³/mol. The summed E-state index contributed by atoms with van der Waals surface area (Å²) in [4.78, 5) is 11.0. The van der Waals surface area contributed by atoms with Crippen molar-refractivity contribution in [3.05, 3.63) is 0 Å². The van der Waals surface area contributed by atoms with Crippen LogP contribution in [-0.4, -0.2) is 37.6 Å². The Balaban J connectivity index is 1.56. The molecule has 2 unspecified atom stereocenters. The van der Waals surface area contributed by atoms with E-state index in [4.69, 9.17) is 0 Å². The van der Waals surface area contributed by atoms with Crippen molar-refractivity contribution in [2.24, 2.45) is 0 Å². The Morgan fingerprint density at radius 1 is 1.20 bits per heavy atom. The summed E-state index contributed by atoms with van der Waals surface area (Å²) in [5.74, 6) is 0.206. The summed E-state index contributed by atoms with van der Waals surface area (Å²) in [7, 11) is 0. The highest BCUT2D eigenvalue weighted by atomic mass is 16.1. The van der Waals surface area contributed by atoms with E-state index in [1.165, 1.54) is 19.3 Å². The minimum atomic E-state index is 0.206. The second-order valence-corrected chi connectivity index (χ2v) is 4.61. The molecule has 0 radical (unpaired) electrons. The van der Waals surface area contributed by atoms with Gasteiger partial charge >= 0.3 is 0 Å². The van der Waals surface area contributed by atoms with Crippen molar-refractivity contribution in [3.8, 4) is 0 Å². The van der Waals surface area contributed by atoms with E-state index in [0.29, 0.717) is 18.5 Å². The Hall–Kier alpha value is -0.610. The second kappa shape index (κ2) is 5.47. The van der Waals surface area contributed by atoms with Crippen LogP contribution in [0.2, 0.25) is 0 Å². The maximum Gasteiger partial charge on any atom is 0.220 e. The number of carbonyl (C=O) groups excluding carboxylic acids is 1. The SMILES string of the molecule is O=C1CCC(CNCC2CCCCN2)N1. The molecule has 0 bridgehead atoms. The summed E-state index contributed by atoms with van der Waals surface area (Å²) in [6, 6.07) is 0.997. The number of hydrogen-bond donors (Lipinski definition) is 3. The molecule has 2 rings (SSSR count). The maximum absolute atomic E-state index is 11.0. The van der Waals surface area contributed by atoms with Gasteiger partial charge in [-0.3, -0.25) is 4.79 Å². The summed E-state index contributed by atoms with van der Waals surface area (Å²) >= 11 is 0. The zero-order valence-electron chi connectivity index (χ0n) is 9.22. The molecule has 2 fully saturated rings. The van der Waals surface area contributed by atoms with Crippen LogP contribution in [0.5, 0.6) is 0 Å². The Kier molecular flexibility index (Phi) is 3.97. The van der Waals surface area contributed by atoms with Crippen molar-refractivity contribution in [1.29, 1.82) is 0 Å². The quantitative estimate of drug-likeness (QED) is 0.613. The molecule has 1 amide bonds. The second-order valence-electron chi connectivity index (χ2n) is 4.61. The molecule has 0 spiro atoms. The molecular formula is C11H21N3O. The van der Waals surface area contributed by atoms with E-state index >= 15 is 0 Å². The largest absolute Gasteiger partial charge is 0.352 e. The summed E-state index contributed by atoms with van der Waals surface area (Å²) in [6.45, 7) is 3.11. The number of nitrogens with one attached hydrogen (secondary N) is 3. The highest BCUT2D eigenvalue weighted by Crippen LogP contribution is 2.07. The smallest absolute Gasteiger partial charge is 0.220 e. The van der Waals surface area contributed by atoms with Crippen LogP contribution in [0.15, 0.2) is 0 Å². The first-order valence-corrected chi connectivity index (χ1v) is 6.08. The highest BCUT2D eigenvalue weighted by Gasteiger charge is 2.20. The summed E-state index contributed by atoms with van der Waals surface area (Å²) in [5.41, 5.74) is 0. The maximum atomic E-state index is 11.0. The minimum absolute atomic E-state index is 0.206. The van der Waals surface area contributed by atoms with Gasteiger partial charge in [-0.05, 0) is 25.8 Å². The van der Waals surface area contributed by atoms with Crippen LogP contribution in [0.25, 0.3) is 0 Å². The van der Waals surface area contributed by atoms with Crippen LogP contribution in [0.3, 0.4) is 0 Å². The van der Waals surface area contributed by atoms with Crippen molar-refractivity contribution in [1.82, 2.24) is 16.0 Å². The third-order valence-corrected chi connectivity index (χ3v) is 3.28. The van der Waals surface area contributed by atoms with Gasteiger partial charge in [-0.2, -0.15) is 0 Å². The third-order valence-electron chi connectivity index (χ3n) is 3.28. The van der Waals surface area contributed by atoms with Crippen LogP contribution in [-0.2, 0) is 4.79 Å². The van der Waals surface area contributed by atoms with E-state index in [2.05, 4.69) is 16.0 Å². The summed E-state index contributed by atoms with van der Waals surface area (Å²) < 4.78 is 0. The molecule has 4 heteroatoms. The van der Waals surface area contributed by atoms with Gasteiger partial charge in [-0.1, -0.05) is 6.42 Å². The standard InChI is InChI=1S/C11H21N3O/c15-11-5-4-10(14-11)8-12-7-9-3-1-2-6-13-9/h9-10,12-13H,1-8H2,(H,14,15). The molecule has 15 heavy (non-hydrogen) atoms. The van der Waals surface area contributed by atoms with E-state index in [1.807, 2.05) is 0 Å². The fourth-order valence-electron chi connectivity index (χ4n) is 2.36. The van der Waals surface area contributed by atoms with Gasteiger partial charge in [0.05, 0.1) is 0 Å². The van der Waals surface area contributed by atoms with Crippen LogP contribution >= 0.6 is 0 Å². The lowest BCUT2D eigenvalue weighted by atomic mass is 10.1. The lowest BCUT2D eigenvalue weighted by Crippen LogP contribution is -2.45. The van der Waals surface area contributed by atoms with E-state index in [9.17, 15) is 4.79 Å². The van der Waals surface area contributed by atoms with Crippen LogP contribution in [0.1, 0.15) is 32.1 Å². The third kappa shape index (κ3) is 3.47. The van der Waals surface area contributed by atoms with Gasteiger partial charge in [0.25, 0.3) is 0 Å². The molecule has 2 saturated heterocycles. The van der Waals surface area contributed by atoms with Gasteiger partial charge in [-0.15, -0.1) is 0 Å². The van der Waals surface area contributed by atoms with Crippen LogP contribution in [0, 0.1) is 0 Å². The van der Waals surface area contributed by atoms with Crippen molar-refractivity contribution < 1.29 is 4.79 Å². The fraction of sp³-hybridized carbons (Fsp3) is 0.909. The summed E-state index contributed by atoms with van der Waals surface area (Å²) in [5, 5.41) is 9.91. The molecule has 0 aromatic rings. The molecule has 86 valence electrons. The lowest BCUT2D eigenvalue weighted by Gasteiger charge is -2.24. The van der Waals surface area contributed by atoms with Gasteiger partial charge < -0.3 is 16.0 Å². The zero-order valence-corrected chi connectivity index (χ0v) is 9.22. The number of hydrogen-bond acceptors (Lipinski definition) is 3. The minimum Gasteiger partial charge on any atom is -0.352 e. The fourth-order valence-corrected chi connectivity index (χ4v) is 2.36. The van der Waals surface area contributed by atoms with Gasteiger partial charge in [0.15, 0.2) is 0 Å². The lowest BCUT2D eigenvalue weighted by molar-refractivity contribution is -0.119. The Labute approximate surface area is 91.2 Å². The first kappa shape index (κ1) is 10.9. The molecule has 0 aromatic carbocycles. The molecule has 2 atom stereocenters. The molecule has 0 aromatic heterocycles. The van der Waals surface area contributed by atoms with Crippen molar-refractivity contribution in [2.75, 3.05) is 19.6 Å². The molecule has 3 N–H and O–H groups in total. The monoisotopic (exact) mass is 211 g/mol. The average molecular weight is 211 g/mol. The van der Waals surface area contributed by atoms with E-state index in [-0.39, 0.29) is 5.91 Å². The molecule has 2 aliphatic rings. The normalized spacial score (nSPS) is 31.6. The van der Waals surface area contributed by atoms with Gasteiger partial charge in [-0.25, -0.2) is 0 Å². The Bertz CT molecular complexity index is 214. The Morgan fingerprint density at radius 2 is 2.07 bits per heavy atom. The van der Waals surface area contributed by atoms with Crippen molar-refractivity contribution in [3.63, 3.8) is 0 Å². The number of piperidine rings is 1. The first-order chi connectivity index (χ1) is 7.34. The van der Waals surface area contributed by atoms with E-state index < -0.39 is 0 Å².